The van der Waals surface area contributed by atoms with E-state index < -0.39 is 224 Å². The van der Waals surface area contributed by atoms with Gasteiger partial charge in [-0.15, -0.1) is 0 Å². The van der Waals surface area contributed by atoms with Crippen LogP contribution < -0.4 is 0 Å². The van der Waals surface area contributed by atoms with Crippen molar-refractivity contribution in [3.8, 4) is 0 Å². The normalized spacial score (nSPS) is 51.1. The van der Waals surface area contributed by atoms with Crippen LogP contribution >= 0.6 is 0 Å². The smallest absolute Gasteiger partial charge is 0.335 e. The van der Waals surface area contributed by atoms with Crippen molar-refractivity contribution in [3.63, 3.8) is 0 Å². The van der Waals surface area contributed by atoms with Crippen molar-refractivity contribution in [1.29, 1.82) is 0 Å². The van der Waals surface area contributed by atoms with Crippen LogP contribution in [0.2, 0.25) is 0 Å². The van der Waals surface area contributed by atoms with Gasteiger partial charge in [-0.05, 0) is 92.8 Å². The summed E-state index contributed by atoms with van der Waals surface area (Å²) in [4.78, 5) is 53.8. The van der Waals surface area contributed by atoms with Crippen molar-refractivity contribution in [2.24, 2.45) is 50.2 Å². The van der Waals surface area contributed by atoms with Crippen molar-refractivity contribution < 1.29 is 133 Å². The molecule has 86 heavy (non-hydrogen) atoms. The van der Waals surface area contributed by atoms with Crippen molar-refractivity contribution in [2.45, 2.75) is 242 Å². The second-order valence-corrected chi connectivity index (χ2v) is 27.3. The third kappa shape index (κ3) is 10.9. The molecule has 4 aliphatic heterocycles. The average molecular weight is 1230 g/mol. The van der Waals surface area contributed by atoms with Crippen LogP contribution in [0.1, 0.15) is 107 Å². The topological polar surface area (TPSA) is 424 Å². The van der Waals surface area contributed by atoms with E-state index in [1.165, 1.54) is 6.92 Å². The van der Waals surface area contributed by atoms with E-state index in [0.717, 1.165) is 11.9 Å². The molecule has 0 bridgehead atoms. The van der Waals surface area contributed by atoms with Crippen LogP contribution in [-0.4, -0.2) is 252 Å². The Hall–Kier alpha value is -3.24. The Morgan fingerprint density at radius 1 is 0.663 bits per heavy atom. The highest BCUT2D eigenvalue weighted by molar-refractivity contribution is 5.87. The lowest BCUT2D eigenvalue weighted by Crippen LogP contribution is -2.72. The number of allylic oxidation sites excluding steroid dienone is 3. The molecule has 0 unspecified atom stereocenters. The standard InChI is InChI=1S/C59H90O27/c1-10-24(2)49(76)86-46-47(79-25(3)63)59(23-62)27(17-54(46,4)5)26-11-12-32-55(6)15-14-34(56(7,22-61)31(55)13-16-57(32,8)58(26,9)18-33(59)66)81-53-45(85-51-40(72)38(70)37(69)30(19-60)80-51)42(41(73)43(83-53)48(74)75)82-52-44(36(68)29(65)21-78-52)84-50-39(71)35(67)28(64)20-77-50/h10-11,22,27-47,50-53,60,62,64-73H,12-21,23H2,1-9H3,(H,74,75)/b24-10+/t27-,28+,29-,30+,31+,32+,33+,34-,35-,36-,37-,38-,39+,40+,41-,42-,43-,44+,45+,46-,47-,50-,51-,52-,53+,55-,56-,57+,58+,59-/m0/s1. The van der Waals surface area contributed by atoms with Gasteiger partial charge in [0.2, 0.25) is 0 Å². The SMILES string of the molecule is C/C=C(\C)C(=O)O[C@H]1[C@H](OC(C)=O)[C@]2(CO)[C@H](O)C[C@]3(C)C(=CC[C@@H]4[C@@]5(C)CC[C@H](O[C@@H]6O[C@H](C(=O)O)[C@@H](O)[C@H](O[C@@H]7OC[C@H](O)[C@H](O)[C@H]7O[C@@H]7OC[C@@H](O)[C@H](O)[C@H]7O)[C@H]6O[C@@H]6O[C@H](CO)[C@H](O)[C@H](O)[C@H]6O)[C@@](C)(C=O)[C@@H]5CC[C@]43C)[C@@H]2CC1(C)C. The van der Waals surface area contributed by atoms with Gasteiger partial charge in [0.05, 0.1) is 49.5 Å². The van der Waals surface area contributed by atoms with Crippen molar-refractivity contribution in [2.75, 3.05) is 26.4 Å². The summed E-state index contributed by atoms with van der Waals surface area (Å²) in [6.45, 7) is 13.8. The molecule has 27 heteroatoms. The predicted octanol–water partition coefficient (Wildman–Crippen LogP) is -2.01. The molecule has 0 aromatic rings. The van der Waals surface area contributed by atoms with E-state index >= 15 is 0 Å². The van der Waals surface area contributed by atoms with Crippen LogP contribution in [0.15, 0.2) is 23.3 Å². The first-order chi connectivity index (χ1) is 40.3. The number of rotatable bonds is 15. The molecule has 30 atom stereocenters. The molecule has 0 radical (unpaired) electrons. The van der Waals surface area contributed by atoms with Gasteiger partial charge in [0.25, 0.3) is 0 Å². The van der Waals surface area contributed by atoms with Gasteiger partial charge >= 0.3 is 17.9 Å². The molecular weight excluding hydrogens is 1140 g/mol. The van der Waals surface area contributed by atoms with Gasteiger partial charge in [-0.2, -0.15) is 0 Å². The molecule has 4 saturated heterocycles. The number of carbonyl (C=O) groups is 4. The Labute approximate surface area is 498 Å². The summed E-state index contributed by atoms with van der Waals surface area (Å²) in [7, 11) is 0. The summed E-state index contributed by atoms with van der Waals surface area (Å²) in [5, 5.41) is 144. The maximum Gasteiger partial charge on any atom is 0.335 e. The van der Waals surface area contributed by atoms with E-state index in [1.54, 1.807) is 26.8 Å². The Balaban J connectivity index is 1.05. The van der Waals surface area contributed by atoms with Gasteiger partial charge in [-0.3, -0.25) is 4.79 Å². The summed E-state index contributed by atoms with van der Waals surface area (Å²) in [6, 6.07) is 0. The highest BCUT2D eigenvalue weighted by Crippen LogP contribution is 2.76. The lowest BCUT2D eigenvalue weighted by molar-refractivity contribution is -0.398. The van der Waals surface area contributed by atoms with Crippen LogP contribution in [0.25, 0.3) is 0 Å². The summed E-state index contributed by atoms with van der Waals surface area (Å²) >= 11 is 0. The number of aliphatic hydroxyl groups is 12. The van der Waals surface area contributed by atoms with Crippen LogP contribution in [0.5, 0.6) is 0 Å². The first-order valence-corrected chi connectivity index (χ1v) is 29.9. The number of ether oxygens (including phenoxy) is 10. The first kappa shape index (κ1) is 67.2. The molecule has 13 N–H and O–H groups in total. The van der Waals surface area contributed by atoms with Gasteiger partial charge in [0.1, 0.15) is 97.8 Å². The molecule has 9 aliphatic rings. The quantitative estimate of drug-likeness (QED) is 0.0277. The number of fused-ring (bicyclic) bond motifs is 7. The lowest BCUT2D eigenvalue weighted by Gasteiger charge is -2.72. The molecule has 4 heterocycles. The monoisotopic (exact) mass is 1230 g/mol. The van der Waals surface area contributed by atoms with E-state index in [4.69, 9.17) is 47.4 Å². The molecule has 0 aromatic heterocycles. The zero-order valence-electron chi connectivity index (χ0n) is 50.0. The summed E-state index contributed by atoms with van der Waals surface area (Å²) in [5.41, 5.74) is -4.42. The fourth-order valence-electron chi connectivity index (χ4n) is 17.0. The predicted molar refractivity (Wildman–Crippen MR) is 289 cm³/mol. The van der Waals surface area contributed by atoms with Gasteiger partial charge in [-0.1, -0.05) is 59.3 Å². The zero-order valence-corrected chi connectivity index (χ0v) is 50.0. The number of hydrogen-bond acceptors (Lipinski definition) is 26. The van der Waals surface area contributed by atoms with E-state index in [2.05, 4.69) is 26.8 Å². The Bertz CT molecular complexity index is 2550. The lowest BCUT2D eigenvalue weighted by atomic mass is 9.33. The third-order valence-corrected chi connectivity index (χ3v) is 22.2. The fraction of sp³-hybridized carbons (Fsp3) is 0.864. The van der Waals surface area contributed by atoms with Crippen LogP contribution in [-0.2, 0) is 66.5 Å². The van der Waals surface area contributed by atoms with Crippen LogP contribution in [0.3, 0.4) is 0 Å². The molecule has 27 nitrogen and oxygen atoms in total. The van der Waals surface area contributed by atoms with Crippen LogP contribution in [0.4, 0.5) is 0 Å². The highest BCUT2D eigenvalue weighted by atomic mass is 16.8. The summed E-state index contributed by atoms with van der Waals surface area (Å²) < 4.78 is 60.5. The second-order valence-electron chi connectivity index (χ2n) is 27.3. The average Bonchev–Trinajstić information content (AvgIpc) is 0.672. The van der Waals surface area contributed by atoms with Gasteiger partial charge in [0.15, 0.2) is 31.3 Å². The van der Waals surface area contributed by atoms with Gasteiger partial charge < -0.3 is 119 Å². The number of carboxylic acids is 1. The Kier molecular flexibility index (Phi) is 19.3. The first-order valence-electron chi connectivity index (χ1n) is 29.9. The number of hydrogen-bond donors (Lipinski definition) is 13. The van der Waals surface area contributed by atoms with E-state index in [-0.39, 0.29) is 18.8 Å². The minimum atomic E-state index is -2.28. The number of esters is 2. The molecule has 488 valence electrons. The fourth-order valence-corrected chi connectivity index (χ4v) is 17.0. The Morgan fingerprint density at radius 2 is 1.29 bits per heavy atom. The molecule has 0 spiro atoms. The van der Waals surface area contributed by atoms with E-state index in [9.17, 15) is 85.6 Å². The van der Waals surface area contributed by atoms with Crippen molar-refractivity contribution in [1.82, 2.24) is 0 Å². The third-order valence-electron chi connectivity index (χ3n) is 22.2. The molecule has 8 fully saturated rings. The minimum Gasteiger partial charge on any atom is -0.479 e. The second kappa shape index (κ2) is 24.8. The number of carboxylic acid groups (broad SMARTS) is 1. The van der Waals surface area contributed by atoms with E-state index in [1.807, 2.05) is 13.8 Å². The molecule has 9 rings (SSSR count). The molecule has 5 aliphatic carbocycles. The van der Waals surface area contributed by atoms with Gasteiger partial charge in [-0.25, -0.2) is 9.59 Å². The molecular formula is C59H90O27. The molecule has 0 amide bonds. The summed E-state index contributed by atoms with van der Waals surface area (Å²) in [5.74, 6) is -4.24. The maximum absolute atomic E-state index is 14.2. The zero-order chi connectivity index (χ0) is 63.3. The Morgan fingerprint density at radius 3 is 1.91 bits per heavy atom. The van der Waals surface area contributed by atoms with Crippen molar-refractivity contribution >= 4 is 24.2 Å². The summed E-state index contributed by atoms with van der Waals surface area (Å²) in [6.07, 6.45) is -32.4. The largest absolute Gasteiger partial charge is 0.479 e. The molecule has 4 saturated carbocycles. The van der Waals surface area contributed by atoms with Crippen LogP contribution in [0, 0.1) is 50.2 Å². The number of carbonyl (C=O) groups excluding carboxylic acids is 3. The maximum atomic E-state index is 14.2. The number of aldehydes is 1. The van der Waals surface area contributed by atoms with Gasteiger partial charge in [0, 0.05) is 17.9 Å². The molecule has 0 aromatic carbocycles. The number of aliphatic carboxylic acids is 1. The minimum absolute atomic E-state index is 0.112. The number of aliphatic hydroxyl groups excluding tert-OH is 12. The highest BCUT2D eigenvalue weighted by Gasteiger charge is 2.74. The van der Waals surface area contributed by atoms with Crippen molar-refractivity contribution in [3.05, 3.63) is 23.3 Å². The van der Waals surface area contributed by atoms with E-state index in [0.29, 0.717) is 37.7 Å².